The number of nitrogens with one attached hydrogen (secondary N) is 3. The number of para-hydroxylation sites is 2. The van der Waals surface area contributed by atoms with Crippen LogP contribution in [0.5, 0.6) is 0 Å². The Morgan fingerprint density at radius 1 is 1.33 bits per heavy atom. The van der Waals surface area contributed by atoms with Gasteiger partial charge in [-0.1, -0.05) is 12.1 Å². The number of nitro groups is 1. The predicted molar refractivity (Wildman–Crippen MR) is 104 cm³/mol. The average Bonchev–Trinajstić information content (AvgIpc) is 2.61. The van der Waals surface area contributed by atoms with Crippen molar-refractivity contribution in [1.29, 1.82) is 0 Å². The van der Waals surface area contributed by atoms with Crippen LogP contribution in [0, 0.1) is 10.1 Å². The number of aromatic nitrogens is 1. The summed E-state index contributed by atoms with van der Waals surface area (Å²) >= 11 is 0. The van der Waals surface area contributed by atoms with E-state index in [2.05, 4.69) is 20.9 Å². The van der Waals surface area contributed by atoms with E-state index >= 15 is 0 Å². The third kappa shape index (κ3) is 4.62. The maximum Gasteiger partial charge on any atom is 0.311 e. The molecule has 144 valence electrons. The Bertz CT molecular complexity index is 816. The Hall–Kier alpha value is -2.94. The van der Waals surface area contributed by atoms with E-state index < -0.39 is 11.2 Å². The molecule has 0 aliphatic carbocycles. The van der Waals surface area contributed by atoms with Crippen molar-refractivity contribution >= 4 is 28.7 Å². The fourth-order valence-corrected chi connectivity index (χ4v) is 2.97. The summed E-state index contributed by atoms with van der Waals surface area (Å²) in [6.45, 7) is 5.31. The normalized spacial score (nSPS) is 17.0. The maximum atomic E-state index is 13.7. The van der Waals surface area contributed by atoms with E-state index in [0.717, 1.165) is 5.69 Å². The first-order valence-electron chi connectivity index (χ1n) is 8.84. The van der Waals surface area contributed by atoms with Crippen LogP contribution in [0.1, 0.15) is 13.8 Å². The molecule has 8 nitrogen and oxygen atoms in total. The molecule has 1 unspecified atom stereocenters. The van der Waals surface area contributed by atoms with Crippen LogP contribution in [-0.2, 0) is 0 Å². The molecule has 1 fully saturated rings. The van der Waals surface area contributed by atoms with E-state index in [1.807, 2.05) is 36.9 Å². The Balaban J connectivity index is 1.93. The first kappa shape index (κ1) is 18.8. The van der Waals surface area contributed by atoms with Crippen LogP contribution < -0.4 is 20.9 Å². The van der Waals surface area contributed by atoms with Gasteiger partial charge in [-0.15, -0.1) is 0 Å². The number of halogens is 1. The molecule has 1 aliphatic heterocycles. The number of anilines is 4. The molecule has 1 aromatic heterocycles. The zero-order valence-electron chi connectivity index (χ0n) is 15.3. The number of benzene rings is 1. The molecule has 9 heteroatoms. The lowest BCUT2D eigenvalue weighted by Crippen LogP contribution is -2.48. The van der Waals surface area contributed by atoms with Gasteiger partial charge in [0.15, 0.2) is 6.30 Å². The van der Waals surface area contributed by atoms with Gasteiger partial charge in [-0.25, -0.2) is 9.37 Å². The molecule has 0 saturated carbocycles. The summed E-state index contributed by atoms with van der Waals surface area (Å²) in [5.74, 6) is 0.687. The Morgan fingerprint density at radius 2 is 2.11 bits per heavy atom. The second-order valence-corrected chi connectivity index (χ2v) is 6.63. The molecule has 2 heterocycles. The van der Waals surface area contributed by atoms with Crippen molar-refractivity contribution in [3.63, 3.8) is 0 Å². The van der Waals surface area contributed by atoms with Gasteiger partial charge in [-0.3, -0.25) is 15.4 Å². The number of piperazine rings is 1. The first-order valence-corrected chi connectivity index (χ1v) is 8.84. The highest BCUT2D eigenvalue weighted by atomic mass is 19.1. The van der Waals surface area contributed by atoms with Gasteiger partial charge in [0, 0.05) is 25.2 Å². The van der Waals surface area contributed by atoms with E-state index in [9.17, 15) is 14.5 Å². The highest BCUT2D eigenvalue weighted by Crippen LogP contribution is 2.33. The van der Waals surface area contributed by atoms with Crippen molar-refractivity contribution in [2.75, 3.05) is 35.2 Å². The zero-order valence-corrected chi connectivity index (χ0v) is 15.3. The van der Waals surface area contributed by atoms with E-state index in [1.165, 1.54) is 6.07 Å². The minimum absolute atomic E-state index is 0.122. The number of rotatable bonds is 6. The molecule has 0 spiro atoms. The molecule has 1 aliphatic rings. The molecule has 2 aromatic rings. The van der Waals surface area contributed by atoms with Crippen molar-refractivity contribution in [2.45, 2.75) is 26.2 Å². The molecule has 0 amide bonds. The lowest BCUT2D eigenvalue weighted by molar-refractivity contribution is -0.384. The number of hydrogen-bond acceptors (Lipinski definition) is 7. The summed E-state index contributed by atoms with van der Waals surface area (Å²) in [6.07, 6.45) is -1.11. The minimum atomic E-state index is -1.11. The summed E-state index contributed by atoms with van der Waals surface area (Å²) < 4.78 is 13.7. The highest BCUT2D eigenvalue weighted by Gasteiger charge is 2.22. The molecule has 0 bridgehead atoms. The van der Waals surface area contributed by atoms with Crippen LogP contribution in [0.15, 0.2) is 36.4 Å². The van der Waals surface area contributed by atoms with Crippen LogP contribution in [0.25, 0.3) is 0 Å². The van der Waals surface area contributed by atoms with E-state index in [4.69, 9.17) is 0 Å². The Morgan fingerprint density at radius 3 is 2.81 bits per heavy atom. The van der Waals surface area contributed by atoms with Crippen molar-refractivity contribution < 1.29 is 9.31 Å². The van der Waals surface area contributed by atoms with Gasteiger partial charge in [0.2, 0.25) is 5.82 Å². The molecular weight excluding hydrogens is 351 g/mol. The minimum Gasteiger partial charge on any atom is -0.368 e. The van der Waals surface area contributed by atoms with Gasteiger partial charge in [0.1, 0.15) is 5.82 Å². The lowest BCUT2D eigenvalue weighted by atomic mass is 10.2. The summed E-state index contributed by atoms with van der Waals surface area (Å²) in [5.41, 5.74) is 1.30. The SMILES string of the molecule is CC(C)Nc1ccc([N+](=O)[O-])c(Nc2ccccc2N2CCNC(F)C2)n1. The van der Waals surface area contributed by atoms with Crippen molar-refractivity contribution in [3.05, 3.63) is 46.5 Å². The molecule has 3 rings (SSSR count). The fourth-order valence-electron chi connectivity index (χ4n) is 2.97. The average molecular weight is 374 g/mol. The number of alkyl halides is 1. The van der Waals surface area contributed by atoms with Gasteiger partial charge in [-0.2, -0.15) is 0 Å². The monoisotopic (exact) mass is 374 g/mol. The maximum absolute atomic E-state index is 13.7. The Kier molecular flexibility index (Phi) is 5.70. The molecular formula is C18H23FN6O2. The largest absolute Gasteiger partial charge is 0.368 e. The van der Waals surface area contributed by atoms with Crippen LogP contribution in [0.3, 0.4) is 0 Å². The van der Waals surface area contributed by atoms with Gasteiger partial charge >= 0.3 is 5.69 Å². The van der Waals surface area contributed by atoms with Gasteiger partial charge in [0.25, 0.3) is 0 Å². The van der Waals surface area contributed by atoms with Crippen LogP contribution in [0.4, 0.5) is 33.1 Å². The van der Waals surface area contributed by atoms with Crippen molar-refractivity contribution in [1.82, 2.24) is 10.3 Å². The standard InChI is InChI=1S/C18H23FN6O2/c1-12(2)21-17-8-7-15(25(26)27)18(23-17)22-13-5-3-4-6-14(13)24-10-9-20-16(19)11-24/h3-8,12,16,20H,9-11H2,1-2H3,(H2,21,22,23). The fraction of sp³-hybridized carbons (Fsp3) is 0.389. The van der Waals surface area contributed by atoms with Gasteiger partial charge < -0.3 is 15.5 Å². The van der Waals surface area contributed by atoms with Gasteiger partial charge in [-0.05, 0) is 32.0 Å². The lowest BCUT2D eigenvalue weighted by Gasteiger charge is -2.33. The second kappa shape index (κ2) is 8.17. The molecule has 3 N–H and O–H groups in total. The van der Waals surface area contributed by atoms with Crippen molar-refractivity contribution in [2.24, 2.45) is 0 Å². The highest BCUT2D eigenvalue weighted by molar-refractivity contribution is 5.77. The molecule has 27 heavy (non-hydrogen) atoms. The van der Waals surface area contributed by atoms with Crippen LogP contribution >= 0.6 is 0 Å². The van der Waals surface area contributed by atoms with E-state index in [1.54, 1.807) is 12.1 Å². The zero-order chi connectivity index (χ0) is 19.4. The van der Waals surface area contributed by atoms with E-state index in [-0.39, 0.29) is 24.1 Å². The van der Waals surface area contributed by atoms with E-state index in [0.29, 0.717) is 24.6 Å². The Labute approximate surface area is 156 Å². The topological polar surface area (TPSA) is 95.4 Å². The smallest absolute Gasteiger partial charge is 0.311 e. The predicted octanol–water partition coefficient (Wildman–Crippen LogP) is 3.26. The molecule has 1 saturated heterocycles. The summed E-state index contributed by atoms with van der Waals surface area (Å²) in [4.78, 5) is 17.2. The summed E-state index contributed by atoms with van der Waals surface area (Å²) in [6, 6.07) is 10.5. The molecule has 1 aromatic carbocycles. The van der Waals surface area contributed by atoms with Gasteiger partial charge in [0.05, 0.1) is 22.8 Å². The van der Waals surface area contributed by atoms with Crippen LogP contribution in [-0.4, -0.2) is 41.9 Å². The number of nitrogens with zero attached hydrogens (tertiary/aromatic N) is 3. The summed E-state index contributed by atoms with van der Waals surface area (Å²) in [5, 5.41) is 20.4. The number of hydrogen-bond donors (Lipinski definition) is 3. The third-order valence-electron chi connectivity index (χ3n) is 4.13. The molecule has 0 radical (unpaired) electrons. The summed E-state index contributed by atoms with van der Waals surface area (Å²) in [7, 11) is 0. The van der Waals surface area contributed by atoms with Crippen molar-refractivity contribution in [3.8, 4) is 0 Å². The second-order valence-electron chi connectivity index (χ2n) is 6.63. The first-order chi connectivity index (χ1) is 12.9. The van der Waals surface area contributed by atoms with Crippen LogP contribution in [0.2, 0.25) is 0 Å². The molecule has 1 atom stereocenters. The number of pyridine rings is 1. The quantitative estimate of drug-likeness (QED) is 0.406. The third-order valence-corrected chi connectivity index (χ3v) is 4.13.